The van der Waals surface area contributed by atoms with Crippen LogP contribution in [0.15, 0.2) is 30.5 Å². The van der Waals surface area contributed by atoms with E-state index in [0.717, 1.165) is 29.4 Å². The Morgan fingerprint density at radius 3 is 2.75 bits per heavy atom. The van der Waals surface area contributed by atoms with Crippen LogP contribution in [0.25, 0.3) is 10.9 Å². The van der Waals surface area contributed by atoms with E-state index in [2.05, 4.69) is 10.3 Å². The highest BCUT2D eigenvalue weighted by Crippen LogP contribution is 2.43. The van der Waals surface area contributed by atoms with Crippen molar-refractivity contribution in [2.24, 2.45) is 0 Å². The third-order valence-electron chi connectivity index (χ3n) is 3.90. The molecule has 20 heavy (non-hydrogen) atoms. The van der Waals surface area contributed by atoms with Crippen LogP contribution in [0.5, 0.6) is 0 Å². The standard InChI is InChI=1S/C14H15ClN2O2S/c1-20(18,19)14(5-6-14)9-17-12-4-7-16-13-8-10(15)2-3-11(12)13/h2-4,7-8H,5-6,9H2,1H3,(H,16,17). The minimum atomic E-state index is -3.02. The van der Waals surface area contributed by atoms with Crippen molar-refractivity contribution in [3.8, 4) is 0 Å². The first-order valence-corrected chi connectivity index (χ1v) is 8.66. The first-order chi connectivity index (χ1) is 9.41. The fourth-order valence-corrected chi connectivity index (χ4v) is 3.69. The van der Waals surface area contributed by atoms with E-state index in [4.69, 9.17) is 11.6 Å². The minimum absolute atomic E-state index is 0.438. The van der Waals surface area contributed by atoms with Gasteiger partial charge in [-0.3, -0.25) is 4.98 Å². The number of nitrogens with zero attached hydrogens (tertiary/aromatic N) is 1. The number of pyridine rings is 1. The lowest BCUT2D eigenvalue weighted by atomic mass is 10.2. The highest BCUT2D eigenvalue weighted by Gasteiger charge is 2.51. The number of hydrogen-bond donors (Lipinski definition) is 1. The molecule has 1 N–H and O–H groups in total. The van der Waals surface area contributed by atoms with Gasteiger partial charge in [0.2, 0.25) is 0 Å². The van der Waals surface area contributed by atoms with E-state index in [0.29, 0.717) is 11.6 Å². The highest BCUT2D eigenvalue weighted by atomic mass is 35.5. The maximum atomic E-state index is 11.8. The molecule has 2 aromatic rings. The van der Waals surface area contributed by atoms with Crippen molar-refractivity contribution >= 4 is 38.0 Å². The van der Waals surface area contributed by atoms with Crippen LogP contribution >= 0.6 is 11.6 Å². The zero-order chi connectivity index (χ0) is 14.4. The molecule has 6 heteroatoms. The summed E-state index contributed by atoms with van der Waals surface area (Å²) in [6, 6.07) is 7.35. The molecule has 4 nitrogen and oxygen atoms in total. The van der Waals surface area contributed by atoms with Crippen LogP contribution in [0.1, 0.15) is 12.8 Å². The Bertz CT molecular complexity index is 770. The van der Waals surface area contributed by atoms with Gasteiger partial charge in [-0.15, -0.1) is 0 Å². The summed E-state index contributed by atoms with van der Waals surface area (Å²) in [5.74, 6) is 0. The number of nitrogens with one attached hydrogen (secondary N) is 1. The average Bonchev–Trinajstić information content (AvgIpc) is 3.16. The monoisotopic (exact) mass is 310 g/mol. The van der Waals surface area contributed by atoms with Crippen LogP contribution in [0.2, 0.25) is 5.02 Å². The van der Waals surface area contributed by atoms with Crippen LogP contribution in [-0.2, 0) is 9.84 Å². The van der Waals surface area contributed by atoms with Gasteiger partial charge in [0.05, 0.1) is 10.3 Å². The van der Waals surface area contributed by atoms with Crippen molar-refractivity contribution < 1.29 is 8.42 Å². The third kappa shape index (κ3) is 2.36. The number of halogens is 1. The highest BCUT2D eigenvalue weighted by molar-refractivity contribution is 7.92. The summed E-state index contributed by atoms with van der Waals surface area (Å²) in [6.07, 6.45) is 4.47. The minimum Gasteiger partial charge on any atom is -0.383 e. The van der Waals surface area contributed by atoms with Gasteiger partial charge in [-0.2, -0.15) is 0 Å². The van der Waals surface area contributed by atoms with Crippen molar-refractivity contribution in [1.29, 1.82) is 0 Å². The van der Waals surface area contributed by atoms with Crippen molar-refractivity contribution in [3.63, 3.8) is 0 Å². The van der Waals surface area contributed by atoms with Gasteiger partial charge in [0.25, 0.3) is 0 Å². The lowest BCUT2D eigenvalue weighted by Gasteiger charge is -2.16. The second kappa shape index (κ2) is 4.60. The van der Waals surface area contributed by atoms with Gasteiger partial charge in [0.1, 0.15) is 0 Å². The molecular formula is C14H15ClN2O2S. The Morgan fingerprint density at radius 2 is 2.10 bits per heavy atom. The Labute approximate surface area is 123 Å². The lowest BCUT2D eigenvalue weighted by molar-refractivity contribution is 0.585. The van der Waals surface area contributed by atoms with E-state index in [1.165, 1.54) is 6.26 Å². The molecule has 1 heterocycles. The van der Waals surface area contributed by atoms with Crippen LogP contribution in [-0.4, -0.2) is 30.9 Å². The molecule has 0 saturated heterocycles. The molecule has 0 bridgehead atoms. The average molecular weight is 311 g/mol. The van der Waals surface area contributed by atoms with Gasteiger partial charge < -0.3 is 5.32 Å². The Kier molecular flexibility index (Phi) is 3.14. The summed E-state index contributed by atoms with van der Waals surface area (Å²) < 4.78 is 23.0. The molecule has 0 amide bonds. The molecule has 0 aliphatic heterocycles. The van der Waals surface area contributed by atoms with E-state index >= 15 is 0 Å². The number of aromatic nitrogens is 1. The van der Waals surface area contributed by atoms with Gasteiger partial charge in [0.15, 0.2) is 9.84 Å². The molecule has 0 unspecified atom stereocenters. The molecule has 1 fully saturated rings. The quantitative estimate of drug-likeness (QED) is 0.943. The van der Waals surface area contributed by atoms with Gasteiger partial charge in [-0.25, -0.2) is 8.42 Å². The van der Waals surface area contributed by atoms with Gasteiger partial charge in [-0.1, -0.05) is 11.6 Å². The lowest BCUT2D eigenvalue weighted by Crippen LogP contribution is -2.30. The first kappa shape index (κ1) is 13.6. The van der Waals surface area contributed by atoms with Gasteiger partial charge in [0, 0.05) is 35.1 Å². The molecule has 0 spiro atoms. The van der Waals surface area contributed by atoms with E-state index in [9.17, 15) is 8.42 Å². The number of hydrogen-bond acceptors (Lipinski definition) is 4. The third-order valence-corrected chi connectivity index (χ3v) is 6.26. The summed E-state index contributed by atoms with van der Waals surface area (Å²) in [5, 5.41) is 4.84. The van der Waals surface area contributed by atoms with E-state index in [1.807, 2.05) is 12.1 Å². The molecule has 106 valence electrons. The molecule has 1 aromatic heterocycles. The molecule has 1 saturated carbocycles. The second-order valence-electron chi connectivity index (χ2n) is 5.33. The van der Waals surface area contributed by atoms with Gasteiger partial charge >= 0.3 is 0 Å². The summed E-state index contributed by atoms with van der Waals surface area (Å²) in [4.78, 5) is 4.27. The topological polar surface area (TPSA) is 59.1 Å². The molecule has 1 aliphatic carbocycles. The van der Waals surface area contributed by atoms with Crippen LogP contribution < -0.4 is 5.32 Å². The Hall–Kier alpha value is -1.33. The predicted molar refractivity (Wildman–Crippen MR) is 82.1 cm³/mol. The molecule has 3 rings (SSSR count). The van der Waals surface area contributed by atoms with Crippen molar-refractivity contribution in [1.82, 2.24) is 4.98 Å². The number of rotatable bonds is 4. The van der Waals surface area contributed by atoms with Crippen LogP contribution in [0.3, 0.4) is 0 Å². The smallest absolute Gasteiger partial charge is 0.154 e. The van der Waals surface area contributed by atoms with Crippen molar-refractivity contribution in [3.05, 3.63) is 35.5 Å². The summed E-state index contributed by atoms with van der Waals surface area (Å²) in [6.45, 7) is 0.438. The van der Waals surface area contributed by atoms with Crippen LogP contribution in [0, 0.1) is 0 Å². The largest absolute Gasteiger partial charge is 0.383 e. The molecule has 0 radical (unpaired) electrons. The summed E-state index contributed by atoms with van der Waals surface area (Å²) in [5.41, 5.74) is 1.69. The maximum absolute atomic E-state index is 11.8. The molecule has 1 aliphatic rings. The fourth-order valence-electron chi connectivity index (χ4n) is 2.35. The first-order valence-electron chi connectivity index (χ1n) is 6.39. The van der Waals surface area contributed by atoms with Crippen molar-refractivity contribution in [2.75, 3.05) is 18.1 Å². The zero-order valence-electron chi connectivity index (χ0n) is 11.1. The summed E-state index contributed by atoms with van der Waals surface area (Å²) >= 11 is 5.95. The second-order valence-corrected chi connectivity index (χ2v) is 8.18. The normalized spacial score (nSPS) is 17.1. The Balaban J connectivity index is 1.89. The zero-order valence-corrected chi connectivity index (χ0v) is 12.6. The van der Waals surface area contributed by atoms with E-state index in [-0.39, 0.29) is 0 Å². The number of benzene rings is 1. The van der Waals surface area contributed by atoms with Crippen molar-refractivity contribution in [2.45, 2.75) is 17.6 Å². The molecule has 1 aromatic carbocycles. The molecule has 0 atom stereocenters. The predicted octanol–water partition coefficient (Wildman–Crippen LogP) is 2.88. The summed E-state index contributed by atoms with van der Waals surface area (Å²) in [7, 11) is -3.02. The fraction of sp³-hybridized carbons (Fsp3) is 0.357. The number of anilines is 1. The van der Waals surface area contributed by atoms with E-state index in [1.54, 1.807) is 18.3 Å². The SMILES string of the molecule is CS(=O)(=O)C1(CNc2ccnc3cc(Cl)ccc23)CC1. The van der Waals surface area contributed by atoms with Gasteiger partial charge in [-0.05, 0) is 37.1 Å². The van der Waals surface area contributed by atoms with E-state index < -0.39 is 14.6 Å². The van der Waals surface area contributed by atoms with Crippen LogP contribution in [0.4, 0.5) is 5.69 Å². The Morgan fingerprint density at radius 1 is 1.35 bits per heavy atom. The number of fused-ring (bicyclic) bond motifs is 1. The number of sulfone groups is 1. The maximum Gasteiger partial charge on any atom is 0.154 e. The molecular weight excluding hydrogens is 296 g/mol.